The highest BCUT2D eigenvalue weighted by Crippen LogP contribution is 2.20. The van der Waals surface area contributed by atoms with Gasteiger partial charge < -0.3 is 5.32 Å². The van der Waals surface area contributed by atoms with Gasteiger partial charge in [-0.2, -0.15) is 5.10 Å². The molecule has 0 atom stereocenters. The van der Waals surface area contributed by atoms with E-state index >= 15 is 0 Å². The zero-order valence-corrected chi connectivity index (χ0v) is 12.9. The van der Waals surface area contributed by atoms with Gasteiger partial charge in [0.25, 0.3) is 0 Å². The first-order valence-electron chi connectivity index (χ1n) is 7.64. The molecule has 3 heterocycles. The maximum Gasteiger partial charge on any atom is 0.155 e. The van der Waals surface area contributed by atoms with Gasteiger partial charge in [0.2, 0.25) is 0 Å². The van der Waals surface area contributed by atoms with Crippen LogP contribution in [0.3, 0.4) is 0 Å². The van der Waals surface area contributed by atoms with E-state index in [4.69, 9.17) is 0 Å². The Kier molecular flexibility index (Phi) is 3.73. The number of benzene rings is 1. The highest BCUT2D eigenvalue weighted by atomic mass is 15.3. The SMILES string of the molecule is c1ccc(-c2ccc(Nc3cccc(-n4cccn4)n3)nc2)cc1. The van der Waals surface area contributed by atoms with Crippen molar-refractivity contribution in [2.75, 3.05) is 5.32 Å². The topological polar surface area (TPSA) is 55.6 Å². The van der Waals surface area contributed by atoms with Crippen LogP contribution >= 0.6 is 0 Å². The molecule has 0 bridgehead atoms. The molecule has 0 unspecified atom stereocenters. The third-order valence-electron chi connectivity index (χ3n) is 3.60. The summed E-state index contributed by atoms with van der Waals surface area (Å²) in [5.41, 5.74) is 2.23. The average molecular weight is 313 g/mol. The molecule has 1 N–H and O–H groups in total. The van der Waals surface area contributed by atoms with Crippen LogP contribution < -0.4 is 5.32 Å². The molecule has 3 aromatic heterocycles. The largest absolute Gasteiger partial charge is 0.325 e. The number of rotatable bonds is 4. The van der Waals surface area contributed by atoms with Crippen LogP contribution in [0, 0.1) is 0 Å². The summed E-state index contributed by atoms with van der Waals surface area (Å²) in [5, 5.41) is 7.41. The Balaban J connectivity index is 1.55. The summed E-state index contributed by atoms with van der Waals surface area (Å²) in [5.74, 6) is 2.23. The van der Waals surface area contributed by atoms with Crippen molar-refractivity contribution < 1.29 is 0 Å². The summed E-state index contributed by atoms with van der Waals surface area (Å²) < 4.78 is 1.72. The summed E-state index contributed by atoms with van der Waals surface area (Å²) in [4.78, 5) is 9.01. The van der Waals surface area contributed by atoms with Crippen molar-refractivity contribution in [3.63, 3.8) is 0 Å². The van der Waals surface area contributed by atoms with Gasteiger partial charge in [0.15, 0.2) is 5.82 Å². The summed E-state index contributed by atoms with van der Waals surface area (Å²) in [6, 6.07) is 21.8. The number of nitrogens with zero attached hydrogens (tertiary/aromatic N) is 4. The fourth-order valence-corrected chi connectivity index (χ4v) is 2.43. The number of hydrogen-bond acceptors (Lipinski definition) is 4. The predicted molar refractivity (Wildman–Crippen MR) is 94.3 cm³/mol. The first-order valence-corrected chi connectivity index (χ1v) is 7.64. The highest BCUT2D eigenvalue weighted by Gasteiger charge is 2.02. The minimum atomic E-state index is 0.725. The first kappa shape index (κ1) is 14.1. The van der Waals surface area contributed by atoms with Gasteiger partial charge in [0.1, 0.15) is 11.6 Å². The molecule has 0 amide bonds. The third kappa shape index (κ3) is 3.01. The molecule has 0 saturated heterocycles. The van der Waals surface area contributed by atoms with Gasteiger partial charge in [-0.25, -0.2) is 14.6 Å². The van der Waals surface area contributed by atoms with Crippen molar-refractivity contribution in [3.8, 4) is 16.9 Å². The Hall–Kier alpha value is -3.47. The molecule has 24 heavy (non-hydrogen) atoms. The van der Waals surface area contributed by atoms with E-state index < -0.39 is 0 Å². The molecule has 0 radical (unpaired) electrons. The first-order chi connectivity index (χ1) is 11.9. The van der Waals surface area contributed by atoms with Crippen LogP contribution in [0.2, 0.25) is 0 Å². The molecule has 4 rings (SSSR count). The van der Waals surface area contributed by atoms with E-state index in [-0.39, 0.29) is 0 Å². The van der Waals surface area contributed by atoms with Crippen LogP contribution in [0.5, 0.6) is 0 Å². The van der Waals surface area contributed by atoms with E-state index in [1.54, 1.807) is 10.9 Å². The van der Waals surface area contributed by atoms with Crippen LogP contribution in [0.4, 0.5) is 11.6 Å². The fourth-order valence-electron chi connectivity index (χ4n) is 2.43. The van der Waals surface area contributed by atoms with E-state index in [1.165, 1.54) is 0 Å². The van der Waals surface area contributed by atoms with Crippen LogP contribution in [0.1, 0.15) is 0 Å². The number of hydrogen-bond donors (Lipinski definition) is 1. The standard InChI is InChI=1S/C19H15N5/c1-2-6-15(7-3-1)16-10-11-17(20-14-16)22-18-8-4-9-19(23-18)24-13-5-12-21-24/h1-14H,(H,20,22,23). The van der Waals surface area contributed by atoms with Crippen molar-refractivity contribution in [3.05, 3.63) is 85.3 Å². The van der Waals surface area contributed by atoms with Crippen molar-refractivity contribution in [2.45, 2.75) is 0 Å². The Morgan fingerprint density at radius 2 is 1.67 bits per heavy atom. The molecule has 0 aliphatic rings. The van der Waals surface area contributed by atoms with Crippen molar-refractivity contribution in [1.82, 2.24) is 19.7 Å². The van der Waals surface area contributed by atoms with E-state index in [2.05, 4.69) is 32.5 Å². The van der Waals surface area contributed by atoms with Crippen molar-refractivity contribution >= 4 is 11.6 Å². The van der Waals surface area contributed by atoms with Crippen LogP contribution in [0.25, 0.3) is 16.9 Å². The summed E-state index contributed by atoms with van der Waals surface area (Å²) >= 11 is 0. The molecule has 0 spiro atoms. The van der Waals surface area contributed by atoms with Crippen LogP contribution in [0.15, 0.2) is 85.3 Å². The molecule has 116 valence electrons. The van der Waals surface area contributed by atoms with Crippen LogP contribution in [-0.4, -0.2) is 19.7 Å². The van der Waals surface area contributed by atoms with Crippen molar-refractivity contribution in [2.24, 2.45) is 0 Å². The zero-order chi connectivity index (χ0) is 16.2. The molecular formula is C19H15N5. The molecule has 1 aromatic carbocycles. The van der Waals surface area contributed by atoms with Crippen LogP contribution in [-0.2, 0) is 0 Å². The lowest BCUT2D eigenvalue weighted by Gasteiger charge is -2.08. The molecular weight excluding hydrogens is 298 g/mol. The average Bonchev–Trinajstić information content (AvgIpc) is 3.18. The Morgan fingerprint density at radius 1 is 0.750 bits per heavy atom. The number of aromatic nitrogens is 4. The number of nitrogens with one attached hydrogen (secondary N) is 1. The molecule has 0 fully saturated rings. The highest BCUT2D eigenvalue weighted by molar-refractivity contribution is 5.64. The van der Waals surface area contributed by atoms with Gasteiger partial charge in [-0.3, -0.25) is 0 Å². The quantitative estimate of drug-likeness (QED) is 0.617. The molecule has 5 heteroatoms. The maximum atomic E-state index is 4.54. The van der Waals surface area contributed by atoms with Gasteiger partial charge in [0, 0.05) is 24.2 Å². The molecule has 0 aliphatic heterocycles. The summed E-state index contributed by atoms with van der Waals surface area (Å²) in [6.45, 7) is 0. The van der Waals surface area contributed by atoms with Gasteiger partial charge in [-0.05, 0) is 35.9 Å². The smallest absolute Gasteiger partial charge is 0.155 e. The fraction of sp³-hybridized carbons (Fsp3) is 0. The number of pyridine rings is 2. The molecule has 0 saturated carbocycles. The second-order valence-corrected chi connectivity index (χ2v) is 5.25. The van der Waals surface area contributed by atoms with E-state index in [0.29, 0.717) is 0 Å². The third-order valence-corrected chi connectivity index (χ3v) is 3.60. The van der Waals surface area contributed by atoms with E-state index in [0.717, 1.165) is 28.6 Å². The monoisotopic (exact) mass is 313 g/mol. The maximum absolute atomic E-state index is 4.54. The summed E-state index contributed by atoms with van der Waals surface area (Å²) in [7, 11) is 0. The van der Waals surface area contributed by atoms with Gasteiger partial charge in [-0.1, -0.05) is 36.4 Å². The second-order valence-electron chi connectivity index (χ2n) is 5.25. The lowest BCUT2D eigenvalue weighted by atomic mass is 10.1. The van der Waals surface area contributed by atoms with Gasteiger partial charge in [-0.15, -0.1) is 0 Å². The Bertz CT molecular complexity index is 916. The lowest BCUT2D eigenvalue weighted by molar-refractivity contribution is 0.848. The van der Waals surface area contributed by atoms with Gasteiger partial charge >= 0.3 is 0 Å². The zero-order valence-electron chi connectivity index (χ0n) is 12.9. The van der Waals surface area contributed by atoms with E-state index in [9.17, 15) is 0 Å². The minimum absolute atomic E-state index is 0.725. The van der Waals surface area contributed by atoms with Crippen molar-refractivity contribution in [1.29, 1.82) is 0 Å². The minimum Gasteiger partial charge on any atom is -0.325 e. The predicted octanol–water partition coefficient (Wildman–Crippen LogP) is 4.07. The van der Waals surface area contributed by atoms with Gasteiger partial charge in [0.05, 0.1) is 0 Å². The Morgan fingerprint density at radius 3 is 2.42 bits per heavy atom. The molecule has 4 aromatic rings. The van der Waals surface area contributed by atoms with E-state index in [1.807, 2.05) is 67.0 Å². The summed E-state index contributed by atoms with van der Waals surface area (Å²) in [6.07, 6.45) is 5.44. The Labute approximate surface area is 139 Å². The lowest BCUT2D eigenvalue weighted by Crippen LogP contribution is -2.01. The second kappa shape index (κ2) is 6.34. The normalized spacial score (nSPS) is 10.5. The number of anilines is 2. The molecule has 0 aliphatic carbocycles. The molecule has 5 nitrogen and oxygen atoms in total.